The number of amides is 1. The van der Waals surface area contributed by atoms with E-state index in [9.17, 15) is 22.4 Å². The van der Waals surface area contributed by atoms with Gasteiger partial charge >= 0.3 is 6.18 Å². The quantitative estimate of drug-likeness (QED) is 0.615. The number of alkyl halides is 3. The van der Waals surface area contributed by atoms with Crippen LogP contribution in [0.3, 0.4) is 0 Å². The summed E-state index contributed by atoms with van der Waals surface area (Å²) in [5, 5.41) is 2.87. The Morgan fingerprint density at radius 3 is 2.61 bits per heavy atom. The first-order valence-electron chi connectivity index (χ1n) is 10.3. The number of hydrogen-bond donors (Lipinski definition) is 1. The number of nitrogens with zero attached hydrogens (tertiary/aromatic N) is 1. The third kappa shape index (κ3) is 5.73. The summed E-state index contributed by atoms with van der Waals surface area (Å²) in [5.74, 6) is -0.563. The molecule has 2 aromatic carbocycles. The Kier molecular flexibility index (Phi) is 7.04. The van der Waals surface area contributed by atoms with E-state index < -0.39 is 29.9 Å². The maximum absolute atomic E-state index is 13.5. The van der Waals surface area contributed by atoms with Crippen molar-refractivity contribution < 1.29 is 31.8 Å². The highest BCUT2D eigenvalue weighted by Crippen LogP contribution is 2.34. The molecule has 0 bridgehead atoms. The lowest BCUT2D eigenvalue weighted by Crippen LogP contribution is -2.47. The number of hydrogen-bond acceptors (Lipinski definition) is 4. The number of benzene rings is 2. The van der Waals surface area contributed by atoms with Crippen molar-refractivity contribution in [1.82, 2.24) is 10.2 Å². The Morgan fingerprint density at radius 2 is 1.94 bits per heavy atom. The summed E-state index contributed by atoms with van der Waals surface area (Å²) in [4.78, 5) is 13.6. The number of ether oxygens (including phenoxy) is 2. The molecule has 2 aliphatic heterocycles. The molecule has 2 aromatic rings. The van der Waals surface area contributed by atoms with Gasteiger partial charge in [0.25, 0.3) is 0 Å². The van der Waals surface area contributed by atoms with Gasteiger partial charge in [-0.3, -0.25) is 9.69 Å². The van der Waals surface area contributed by atoms with E-state index in [4.69, 9.17) is 21.1 Å². The summed E-state index contributed by atoms with van der Waals surface area (Å²) in [6.07, 6.45) is -3.81. The van der Waals surface area contributed by atoms with Crippen LogP contribution in [-0.2, 0) is 27.1 Å². The zero-order valence-corrected chi connectivity index (χ0v) is 18.1. The SMILES string of the molecule is O=C1C=C(CN2CCO[C@H](OCc3cc(C(F)(F)F)ccc3Cl)[C@@H]2c2ccc(F)cc2)CN1. The molecule has 2 heterocycles. The molecule has 2 atom stereocenters. The van der Waals surface area contributed by atoms with E-state index >= 15 is 0 Å². The second-order valence-corrected chi connectivity index (χ2v) is 8.25. The van der Waals surface area contributed by atoms with Crippen LogP contribution >= 0.6 is 11.6 Å². The van der Waals surface area contributed by atoms with E-state index in [1.54, 1.807) is 12.1 Å². The van der Waals surface area contributed by atoms with E-state index in [0.29, 0.717) is 31.8 Å². The fraction of sp³-hybridized carbons (Fsp3) is 0.348. The van der Waals surface area contributed by atoms with Gasteiger partial charge in [0.2, 0.25) is 5.91 Å². The van der Waals surface area contributed by atoms with Crippen LogP contribution in [0.5, 0.6) is 0 Å². The summed E-state index contributed by atoms with van der Waals surface area (Å²) in [6.45, 7) is 1.51. The fourth-order valence-corrected chi connectivity index (χ4v) is 4.09. The van der Waals surface area contributed by atoms with Crippen molar-refractivity contribution in [3.05, 3.63) is 81.6 Å². The molecule has 1 fully saturated rings. The molecule has 10 heteroatoms. The van der Waals surface area contributed by atoms with Gasteiger partial charge in [-0.05, 0) is 47.0 Å². The molecule has 2 aliphatic rings. The van der Waals surface area contributed by atoms with Gasteiger partial charge in [0.05, 0.1) is 24.8 Å². The lowest BCUT2D eigenvalue weighted by molar-refractivity contribution is -0.215. The van der Waals surface area contributed by atoms with E-state index in [0.717, 1.165) is 17.7 Å². The Morgan fingerprint density at radius 1 is 1.18 bits per heavy atom. The van der Waals surface area contributed by atoms with Crippen LogP contribution in [0.2, 0.25) is 5.02 Å². The maximum Gasteiger partial charge on any atom is 0.416 e. The number of rotatable bonds is 6. The zero-order chi connectivity index (χ0) is 23.6. The number of halogens is 5. The first-order valence-corrected chi connectivity index (χ1v) is 10.6. The van der Waals surface area contributed by atoms with Gasteiger partial charge in [-0.25, -0.2) is 4.39 Å². The van der Waals surface area contributed by atoms with Gasteiger partial charge < -0.3 is 14.8 Å². The minimum Gasteiger partial charge on any atom is -0.349 e. The summed E-state index contributed by atoms with van der Waals surface area (Å²) in [5.41, 5.74) is 0.957. The van der Waals surface area contributed by atoms with Crippen molar-refractivity contribution >= 4 is 17.5 Å². The second-order valence-electron chi connectivity index (χ2n) is 7.84. The van der Waals surface area contributed by atoms with Crippen molar-refractivity contribution in [2.24, 2.45) is 0 Å². The average molecular weight is 485 g/mol. The Bertz CT molecular complexity index is 1040. The average Bonchev–Trinajstić information content (AvgIpc) is 3.18. The summed E-state index contributed by atoms with van der Waals surface area (Å²) >= 11 is 6.10. The van der Waals surface area contributed by atoms with Crippen molar-refractivity contribution in [2.45, 2.75) is 25.1 Å². The van der Waals surface area contributed by atoms with Crippen LogP contribution in [-0.4, -0.2) is 43.3 Å². The van der Waals surface area contributed by atoms with Gasteiger partial charge in [-0.1, -0.05) is 23.7 Å². The first kappa shape index (κ1) is 23.7. The molecule has 0 saturated carbocycles. The molecular formula is C23H21ClF4N2O3. The molecule has 0 aliphatic carbocycles. The predicted octanol–water partition coefficient (Wildman–Crippen LogP) is 4.47. The lowest BCUT2D eigenvalue weighted by Gasteiger charge is -2.41. The number of morpholine rings is 1. The van der Waals surface area contributed by atoms with E-state index in [2.05, 4.69) is 5.32 Å². The molecule has 176 valence electrons. The third-order valence-electron chi connectivity index (χ3n) is 5.53. The Labute approximate surface area is 192 Å². The smallest absolute Gasteiger partial charge is 0.349 e. The molecule has 0 aromatic heterocycles. The van der Waals surface area contributed by atoms with E-state index in [1.165, 1.54) is 24.3 Å². The minimum absolute atomic E-state index is 0.148. The normalized spacial score (nSPS) is 21.7. The molecule has 5 nitrogen and oxygen atoms in total. The number of carbonyl (C=O) groups is 1. The molecule has 1 N–H and O–H groups in total. The number of carbonyl (C=O) groups excluding carboxylic acids is 1. The third-order valence-corrected chi connectivity index (χ3v) is 5.90. The minimum atomic E-state index is -4.51. The largest absolute Gasteiger partial charge is 0.416 e. The summed E-state index contributed by atoms with van der Waals surface area (Å²) in [6, 6.07) is 8.45. The molecule has 0 radical (unpaired) electrons. The standard InChI is InChI=1S/C23H21ClF4N2O3/c24-19-6-3-17(23(26,27)28)10-16(19)13-33-22-21(15-1-4-18(25)5-2-15)30(7-8-32-22)12-14-9-20(31)29-11-14/h1-6,9-10,21-22H,7-8,11-13H2,(H,29,31)/t21-,22+/m0/s1. The highest BCUT2D eigenvalue weighted by molar-refractivity contribution is 6.31. The van der Waals surface area contributed by atoms with Crippen molar-refractivity contribution in [2.75, 3.05) is 26.2 Å². The van der Waals surface area contributed by atoms with Gasteiger partial charge in [0.1, 0.15) is 5.82 Å². The predicted molar refractivity (Wildman–Crippen MR) is 113 cm³/mol. The maximum atomic E-state index is 13.5. The molecule has 0 spiro atoms. The molecule has 1 amide bonds. The topological polar surface area (TPSA) is 50.8 Å². The van der Waals surface area contributed by atoms with Gasteiger partial charge in [0, 0.05) is 30.7 Å². The van der Waals surface area contributed by atoms with Crippen LogP contribution in [0.15, 0.2) is 54.1 Å². The second kappa shape index (κ2) is 9.80. The molecule has 4 rings (SSSR count). The van der Waals surface area contributed by atoms with Crippen molar-refractivity contribution in [3.8, 4) is 0 Å². The monoisotopic (exact) mass is 484 g/mol. The van der Waals surface area contributed by atoms with E-state index in [-0.39, 0.29) is 23.1 Å². The Balaban J connectivity index is 1.57. The van der Waals surface area contributed by atoms with Crippen LogP contribution in [0, 0.1) is 5.82 Å². The highest BCUT2D eigenvalue weighted by atomic mass is 35.5. The summed E-state index contributed by atoms with van der Waals surface area (Å²) < 4.78 is 64.6. The molecular weight excluding hydrogens is 464 g/mol. The lowest BCUT2D eigenvalue weighted by atomic mass is 10.0. The first-order chi connectivity index (χ1) is 15.7. The van der Waals surface area contributed by atoms with E-state index in [1.807, 2.05) is 4.90 Å². The van der Waals surface area contributed by atoms with Gasteiger partial charge in [0.15, 0.2) is 6.29 Å². The molecule has 1 saturated heterocycles. The zero-order valence-electron chi connectivity index (χ0n) is 17.4. The van der Waals surface area contributed by atoms with Crippen LogP contribution < -0.4 is 5.32 Å². The molecule has 0 unspecified atom stereocenters. The molecule has 33 heavy (non-hydrogen) atoms. The van der Waals surface area contributed by atoms with Crippen LogP contribution in [0.25, 0.3) is 0 Å². The summed E-state index contributed by atoms with van der Waals surface area (Å²) in [7, 11) is 0. The van der Waals surface area contributed by atoms with Gasteiger partial charge in [-0.2, -0.15) is 13.2 Å². The highest BCUT2D eigenvalue weighted by Gasteiger charge is 2.36. The van der Waals surface area contributed by atoms with Crippen molar-refractivity contribution in [1.29, 1.82) is 0 Å². The van der Waals surface area contributed by atoms with Crippen LogP contribution in [0.4, 0.5) is 17.6 Å². The Hall–Kier alpha value is -2.46. The fourth-order valence-electron chi connectivity index (χ4n) is 3.92. The number of nitrogens with one attached hydrogen (secondary N) is 1. The van der Waals surface area contributed by atoms with Gasteiger partial charge in [-0.15, -0.1) is 0 Å². The van der Waals surface area contributed by atoms with Crippen molar-refractivity contribution in [3.63, 3.8) is 0 Å². The van der Waals surface area contributed by atoms with Crippen LogP contribution in [0.1, 0.15) is 22.7 Å².